The molecule has 4 rings (SSSR count). The number of fused-ring (bicyclic) bond motifs is 2. The van der Waals surface area contributed by atoms with Gasteiger partial charge in [-0.3, -0.25) is 0 Å². The molecule has 1 aliphatic rings. The Morgan fingerprint density at radius 2 is 2.10 bits per heavy atom. The first-order valence-electron chi connectivity index (χ1n) is 7.82. The summed E-state index contributed by atoms with van der Waals surface area (Å²) in [6, 6.07) is 13.3. The van der Waals surface area contributed by atoms with Gasteiger partial charge in [-0.05, 0) is 61.3 Å². The van der Waals surface area contributed by atoms with Crippen molar-refractivity contribution in [2.45, 2.75) is 38.5 Å². The van der Waals surface area contributed by atoms with Gasteiger partial charge < -0.3 is 4.40 Å². The molecular weight excluding hydrogens is 256 g/mol. The normalized spacial score (nSPS) is 17.9. The summed E-state index contributed by atoms with van der Waals surface area (Å²) in [5.74, 6) is 0.637. The summed E-state index contributed by atoms with van der Waals surface area (Å²) in [6.07, 6.45) is 9.12. The highest BCUT2D eigenvalue weighted by Crippen LogP contribution is 2.34. The van der Waals surface area contributed by atoms with Crippen molar-refractivity contribution in [1.29, 1.82) is 0 Å². The number of aromatic nitrogens is 2. The third-order valence-electron chi connectivity index (χ3n) is 4.64. The molecule has 2 heteroatoms. The number of imidazole rings is 1. The first kappa shape index (κ1) is 12.6. The molecule has 2 nitrogen and oxygen atoms in total. The Morgan fingerprint density at radius 3 is 3.05 bits per heavy atom. The van der Waals surface area contributed by atoms with Crippen molar-refractivity contribution in [3.05, 3.63) is 71.2 Å². The second-order valence-corrected chi connectivity index (χ2v) is 6.14. The molecular formula is C19H20N2. The molecule has 2 aromatic heterocycles. The quantitative estimate of drug-likeness (QED) is 0.682. The Labute approximate surface area is 125 Å². The zero-order valence-electron chi connectivity index (χ0n) is 12.4. The fourth-order valence-corrected chi connectivity index (χ4v) is 3.69. The lowest BCUT2D eigenvalue weighted by Gasteiger charge is -2.25. The maximum atomic E-state index is 4.70. The van der Waals surface area contributed by atoms with Crippen LogP contribution in [0, 0.1) is 6.92 Å². The van der Waals surface area contributed by atoms with Crippen molar-refractivity contribution in [1.82, 2.24) is 9.38 Å². The molecule has 1 atom stereocenters. The van der Waals surface area contributed by atoms with Gasteiger partial charge in [-0.15, -0.1) is 0 Å². The smallest absolute Gasteiger partial charge is 0.140 e. The van der Waals surface area contributed by atoms with Gasteiger partial charge in [0.05, 0.1) is 5.69 Å². The standard InChI is InChI=1S/C19H20N2/c1-14-13-21-11-5-9-17(19(21)20-14)12-16-8-4-7-15-6-2-3-10-18(15)16/h2-3,5-6,9-11,13,16H,4,7-8,12H2,1H3. The van der Waals surface area contributed by atoms with E-state index in [2.05, 4.69) is 60.1 Å². The van der Waals surface area contributed by atoms with Crippen molar-refractivity contribution >= 4 is 5.65 Å². The Hall–Kier alpha value is -2.09. The van der Waals surface area contributed by atoms with Crippen molar-refractivity contribution in [3.8, 4) is 0 Å². The summed E-state index contributed by atoms with van der Waals surface area (Å²) in [5, 5.41) is 0. The Balaban J connectivity index is 1.73. The minimum absolute atomic E-state index is 0.637. The maximum absolute atomic E-state index is 4.70. The van der Waals surface area contributed by atoms with E-state index in [-0.39, 0.29) is 0 Å². The lowest BCUT2D eigenvalue weighted by atomic mass is 9.80. The molecule has 0 spiro atoms. The SMILES string of the molecule is Cc1cn2cccc(CC3CCCc4ccccc43)c2n1. The van der Waals surface area contributed by atoms with Gasteiger partial charge in [0.25, 0.3) is 0 Å². The molecule has 0 amide bonds. The van der Waals surface area contributed by atoms with Gasteiger partial charge in [-0.2, -0.15) is 0 Å². The van der Waals surface area contributed by atoms with Crippen molar-refractivity contribution in [2.75, 3.05) is 0 Å². The third-order valence-corrected chi connectivity index (χ3v) is 4.64. The second kappa shape index (κ2) is 5.03. The molecule has 0 saturated carbocycles. The molecule has 106 valence electrons. The van der Waals surface area contributed by atoms with E-state index in [9.17, 15) is 0 Å². The van der Waals surface area contributed by atoms with E-state index in [1.54, 1.807) is 11.1 Å². The molecule has 0 bridgehead atoms. The average Bonchev–Trinajstić information content (AvgIpc) is 2.89. The molecule has 1 aliphatic carbocycles. The fraction of sp³-hybridized carbons (Fsp3) is 0.316. The molecule has 1 unspecified atom stereocenters. The molecule has 1 aromatic carbocycles. The monoisotopic (exact) mass is 276 g/mol. The highest BCUT2D eigenvalue weighted by Gasteiger charge is 2.21. The van der Waals surface area contributed by atoms with Gasteiger partial charge in [0, 0.05) is 12.4 Å². The summed E-state index contributed by atoms with van der Waals surface area (Å²) < 4.78 is 2.15. The van der Waals surface area contributed by atoms with Gasteiger partial charge >= 0.3 is 0 Å². The van der Waals surface area contributed by atoms with Crippen molar-refractivity contribution < 1.29 is 0 Å². The predicted molar refractivity (Wildman–Crippen MR) is 85.8 cm³/mol. The predicted octanol–water partition coefficient (Wildman–Crippen LogP) is 4.31. The maximum Gasteiger partial charge on any atom is 0.140 e. The van der Waals surface area contributed by atoms with Crippen LogP contribution >= 0.6 is 0 Å². The summed E-state index contributed by atoms with van der Waals surface area (Å²) >= 11 is 0. The second-order valence-electron chi connectivity index (χ2n) is 6.14. The largest absolute Gasteiger partial charge is 0.307 e. The van der Waals surface area contributed by atoms with E-state index in [0.717, 1.165) is 17.8 Å². The van der Waals surface area contributed by atoms with E-state index in [0.29, 0.717) is 5.92 Å². The zero-order chi connectivity index (χ0) is 14.2. The topological polar surface area (TPSA) is 17.3 Å². The Bertz CT molecular complexity index is 785. The number of rotatable bonds is 2. The van der Waals surface area contributed by atoms with E-state index in [4.69, 9.17) is 4.98 Å². The van der Waals surface area contributed by atoms with E-state index in [1.807, 2.05) is 0 Å². The molecule has 0 N–H and O–H groups in total. The zero-order valence-corrected chi connectivity index (χ0v) is 12.4. The number of hydrogen-bond donors (Lipinski definition) is 0. The van der Waals surface area contributed by atoms with Crippen LogP contribution in [0.4, 0.5) is 0 Å². The molecule has 2 heterocycles. The van der Waals surface area contributed by atoms with E-state index >= 15 is 0 Å². The third kappa shape index (κ3) is 2.25. The van der Waals surface area contributed by atoms with Crippen LogP contribution in [0.15, 0.2) is 48.8 Å². The Morgan fingerprint density at radius 1 is 1.19 bits per heavy atom. The van der Waals surface area contributed by atoms with Crippen LogP contribution in [0.25, 0.3) is 5.65 Å². The van der Waals surface area contributed by atoms with Crippen LogP contribution in [-0.4, -0.2) is 9.38 Å². The van der Waals surface area contributed by atoms with Gasteiger partial charge in [-0.25, -0.2) is 4.98 Å². The van der Waals surface area contributed by atoms with E-state index < -0.39 is 0 Å². The number of hydrogen-bond acceptors (Lipinski definition) is 1. The van der Waals surface area contributed by atoms with Crippen LogP contribution in [0.3, 0.4) is 0 Å². The minimum atomic E-state index is 0.637. The highest BCUT2D eigenvalue weighted by atomic mass is 15.0. The van der Waals surface area contributed by atoms with Crippen molar-refractivity contribution in [3.63, 3.8) is 0 Å². The average molecular weight is 276 g/mol. The molecule has 0 fully saturated rings. The summed E-state index contributed by atoms with van der Waals surface area (Å²) in [4.78, 5) is 4.70. The first-order valence-corrected chi connectivity index (χ1v) is 7.82. The van der Waals surface area contributed by atoms with Crippen LogP contribution in [0.2, 0.25) is 0 Å². The lowest BCUT2D eigenvalue weighted by molar-refractivity contribution is 0.551. The van der Waals surface area contributed by atoms with Gasteiger partial charge in [0.2, 0.25) is 0 Å². The van der Waals surface area contributed by atoms with Crippen LogP contribution in [0.5, 0.6) is 0 Å². The fourth-order valence-electron chi connectivity index (χ4n) is 3.69. The molecule has 21 heavy (non-hydrogen) atoms. The first-order chi connectivity index (χ1) is 10.3. The number of benzene rings is 1. The van der Waals surface area contributed by atoms with Crippen molar-refractivity contribution in [2.24, 2.45) is 0 Å². The summed E-state index contributed by atoms with van der Waals surface area (Å²) in [6.45, 7) is 2.06. The molecule has 0 saturated heterocycles. The molecule has 0 radical (unpaired) electrons. The molecule has 3 aromatic rings. The number of nitrogens with zero attached hydrogens (tertiary/aromatic N) is 2. The van der Waals surface area contributed by atoms with Crippen LogP contribution in [0.1, 0.15) is 41.1 Å². The summed E-state index contributed by atoms with van der Waals surface area (Å²) in [5.41, 5.74) is 6.67. The van der Waals surface area contributed by atoms with Gasteiger partial charge in [-0.1, -0.05) is 30.3 Å². The van der Waals surface area contributed by atoms with Crippen LogP contribution < -0.4 is 0 Å². The van der Waals surface area contributed by atoms with Crippen LogP contribution in [-0.2, 0) is 12.8 Å². The molecule has 0 aliphatic heterocycles. The van der Waals surface area contributed by atoms with Gasteiger partial charge in [0.15, 0.2) is 0 Å². The Kier molecular flexibility index (Phi) is 3.03. The highest BCUT2D eigenvalue weighted by molar-refractivity contribution is 5.50. The number of pyridine rings is 1. The summed E-state index contributed by atoms with van der Waals surface area (Å²) in [7, 11) is 0. The van der Waals surface area contributed by atoms with Gasteiger partial charge in [0.1, 0.15) is 5.65 Å². The number of aryl methyl sites for hydroxylation is 2. The van der Waals surface area contributed by atoms with E-state index in [1.165, 1.54) is 24.8 Å². The lowest BCUT2D eigenvalue weighted by Crippen LogP contribution is -2.12. The minimum Gasteiger partial charge on any atom is -0.307 e.